The lowest BCUT2D eigenvalue weighted by atomic mass is 9.86. The van der Waals surface area contributed by atoms with E-state index >= 15 is 0 Å². The summed E-state index contributed by atoms with van der Waals surface area (Å²) in [5, 5.41) is 8.29. The highest BCUT2D eigenvalue weighted by Gasteiger charge is 2.27. The van der Waals surface area contributed by atoms with Gasteiger partial charge in [-0.25, -0.2) is 0 Å². The van der Waals surface area contributed by atoms with Crippen molar-refractivity contribution >= 4 is 5.91 Å². The number of aromatic nitrogens is 3. The van der Waals surface area contributed by atoms with Crippen LogP contribution < -0.4 is 16.0 Å². The van der Waals surface area contributed by atoms with Gasteiger partial charge in [-0.05, 0) is 24.1 Å². The smallest absolute Gasteiger partial charge is 0.273 e. The van der Waals surface area contributed by atoms with Crippen molar-refractivity contribution in [2.45, 2.75) is 58.3 Å². The summed E-state index contributed by atoms with van der Waals surface area (Å²) in [7, 11) is 1.61. The molecular formula is C21H30N4O3. The number of rotatable bonds is 11. The van der Waals surface area contributed by atoms with Gasteiger partial charge in [0.25, 0.3) is 5.56 Å². The van der Waals surface area contributed by atoms with Crippen molar-refractivity contribution in [2.24, 2.45) is 11.7 Å². The normalized spacial score (nSPS) is 13.1. The first-order valence-corrected chi connectivity index (χ1v) is 9.84. The molecule has 2 rings (SSSR count). The SMILES string of the molecule is CCCCCCC(C(N)=O)C(C)c1nnc(Cc2ccc(OC)cc2)[nH]c1=O. The van der Waals surface area contributed by atoms with Gasteiger partial charge in [0.1, 0.15) is 17.3 Å². The summed E-state index contributed by atoms with van der Waals surface area (Å²) in [6.07, 6.45) is 5.32. The van der Waals surface area contributed by atoms with Gasteiger partial charge in [-0.3, -0.25) is 9.59 Å². The van der Waals surface area contributed by atoms with Crippen LogP contribution in [0.3, 0.4) is 0 Å². The summed E-state index contributed by atoms with van der Waals surface area (Å²) in [5.74, 6) is 0.0613. The number of carbonyl (C=O) groups is 1. The molecule has 0 aliphatic rings. The van der Waals surface area contributed by atoms with Crippen LogP contribution in [0.5, 0.6) is 5.75 Å². The highest BCUT2D eigenvalue weighted by molar-refractivity contribution is 5.77. The Balaban J connectivity index is 2.10. The van der Waals surface area contributed by atoms with E-state index in [1.54, 1.807) is 7.11 Å². The number of hydrogen-bond donors (Lipinski definition) is 2. The number of nitrogens with two attached hydrogens (primary N) is 1. The van der Waals surface area contributed by atoms with Crippen molar-refractivity contribution in [3.05, 3.63) is 51.7 Å². The Morgan fingerprint density at radius 3 is 2.46 bits per heavy atom. The van der Waals surface area contributed by atoms with E-state index < -0.39 is 11.8 Å². The monoisotopic (exact) mass is 386 g/mol. The minimum absolute atomic E-state index is 0.262. The molecule has 0 fully saturated rings. The fraction of sp³-hybridized carbons (Fsp3) is 0.524. The number of methoxy groups -OCH3 is 1. The lowest BCUT2D eigenvalue weighted by Gasteiger charge is -2.19. The number of ether oxygens (including phenoxy) is 1. The average Bonchev–Trinajstić information content (AvgIpc) is 2.68. The second kappa shape index (κ2) is 10.6. The van der Waals surface area contributed by atoms with E-state index in [0.29, 0.717) is 18.7 Å². The van der Waals surface area contributed by atoms with Crippen LogP contribution >= 0.6 is 0 Å². The van der Waals surface area contributed by atoms with E-state index in [1.807, 2.05) is 31.2 Å². The van der Waals surface area contributed by atoms with Crippen molar-refractivity contribution in [3.63, 3.8) is 0 Å². The fourth-order valence-corrected chi connectivity index (χ4v) is 3.31. The summed E-state index contributed by atoms with van der Waals surface area (Å²) in [5.41, 5.74) is 6.52. The zero-order valence-electron chi connectivity index (χ0n) is 16.9. The maximum Gasteiger partial charge on any atom is 0.273 e. The molecule has 0 saturated carbocycles. The Kier molecular flexibility index (Phi) is 8.17. The molecule has 2 aromatic rings. The van der Waals surface area contributed by atoms with Crippen LogP contribution in [0, 0.1) is 5.92 Å². The minimum Gasteiger partial charge on any atom is -0.497 e. The third kappa shape index (κ3) is 5.90. The summed E-state index contributed by atoms with van der Waals surface area (Å²) in [6, 6.07) is 7.53. The second-order valence-corrected chi connectivity index (χ2v) is 7.16. The van der Waals surface area contributed by atoms with Crippen molar-refractivity contribution in [1.29, 1.82) is 0 Å². The molecule has 7 nitrogen and oxygen atoms in total. The van der Waals surface area contributed by atoms with E-state index in [-0.39, 0.29) is 17.2 Å². The lowest BCUT2D eigenvalue weighted by Crippen LogP contribution is -2.32. The number of benzene rings is 1. The molecule has 0 radical (unpaired) electrons. The van der Waals surface area contributed by atoms with Gasteiger partial charge in [0, 0.05) is 18.3 Å². The van der Waals surface area contributed by atoms with Gasteiger partial charge in [-0.1, -0.05) is 51.7 Å². The van der Waals surface area contributed by atoms with E-state index in [1.165, 1.54) is 0 Å². The minimum atomic E-state index is -0.417. The van der Waals surface area contributed by atoms with Gasteiger partial charge < -0.3 is 15.5 Å². The lowest BCUT2D eigenvalue weighted by molar-refractivity contribution is -0.122. The third-order valence-electron chi connectivity index (χ3n) is 5.07. The highest BCUT2D eigenvalue weighted by atomic mass is 16.5. The molecule has 0 spiro atoms. The predicted molar refractivity (Wildman–Crippen MR) is 108 cm³/mol. The molecule has 1 heterocycles. The topological polar surface area (TPSA) is 111 Å². The maximum absolute atomic E-state index is 12.5. The Morgan fingerprint density at radius 2 is 1.89 bits per heavy atom. The van der Waals surface area contributed by atoms with Crippen LogP contribution in [-0.2, 0) is 11.2 Å². The standard InChI is InChI=1S/C21H30N4O3/c1-4-5-6-7-8-17(20(22)26)14(2)19-21(27)23-18(24-25-19)13-15-9-11-16(28-3)12-10-15/h9-12,14,17H,4-8,13H2,1-3H3,(H2,22,26)(H,23,24,27). The summed E-state index contributed by atoms with van der Waals surface area (Å²) in [4.78, 5) is 27.2. The van der Waals surface area contributed by atoms with Crippen molar-refractivity contribution in [2.75, 3.05) is 7.11 Å². The van der Waals surface area contributed by atoms with E-state index in [4.69, 9.17) is 10.5 Å². The number of carbonyl (C=O) groups excluding carboxylic acids is 1. The third-order valence-corrected chi connectivity index (χ3v) is 5.07. The van der Waals surface area contributed by atoms with Crippen molar-refractivity contribution in [1.82, 2.24) is 15.2 Å². The number of nitrogens with one attached hydrogen (secondary N) is 1. The molecule has 3 N–H and O–H groups in total. The molecule has 1 aromatic heterocycles. The predicted octanol–water partition coefficient (Wildman–Crippen LogP) is 2.94. The fourth-order valence-electron chi connectivity index (χ4n) is 3.31. The van der Waals surface area contributed by atoms with Crippen LogP contribution in [0.2, 0.25) is 0 Å². The van der Waals surface area contributed by atoms with E-state index in [2.05, 4.69) is 22.1 Å². The van der Waals surface area contributed by atoms with E-state index in [0.717, 1.165) is 37.0 Å². The molecule has 0 aliphatic heterocycles. The van der Waals surface area contributed by atoms with Gasteiger partial charge in [0.05, 0.1) is 7.11 Å². The van der Waals surface area contributed by atoms with Crippen LogP contribution in [0.15, 0.2) is 29.1 Å². The number of unbranched alkanes of at least 4 members (excludes halogenated alkanes) is 3. The van der Waals surface area contributed by atoms with Crippen LogP contribution in [0.1, 0.15) is 69.0 Å². The zero-order chi connectivity index (χ0) is 20.5. The Hall–Kier alpha value is -2.70. The molecule has 2 atom stereocenters. The molecule has 0 aliphatic carbocycles. The molecule has 2 unspecified atom stereocenters. The van der Waals surface area contributed by atoms with Crippen molar-refractivity contribution < 1.29 is 9.53 Å². The average molecular weight is 386 g/mol. The van der Waals surface area contributed by atoms with Gasteiger partial charge in [-0.15, -0.1) is 10.2 Å². The Bertz CT molecular complexity index is 817. The van der Waals surface area contributed by atoms with Crippen LogP contribution in [0.25, 0.3) is 0 Å². The summed E-state index contributed by atoms with van der Waals surface area (Å²) in [6.45, 7) is 3.95. The molecule has 152 valence electrons. The van der Waals surface area contributed by atoms with Gasteiger partial charge in [-0.2, -0.15) is 0 Å². The van der Waals surface area contributed by atoms with Crippen LogP contribution in [-0.4, -0.2) is 28.2 Å². The summed E-state index contributed by atoms with van der Waals surface area (Å²) < 4.78 is 5.14. The van der Waals surface area contributed by atoms with E-state index in [9.17, 15) is 9.59 Å². The quantitative estimate of drug-likeness (QED) is 0.577. The number of amides is 1. The van der Waals surface area contributed by atoms with Gasteiger partial charge in [0.2, 0.25) is 5.91 Å². The molecule has 1 amide bonds. The number of H-pyrrole nitrogens is 1. The number of nitrogens with zero attached hydrogens (tertiary/aromatic N) is 2. The molecule has 28 heavy (non-hydrogen) atoms. The highest BCUT2D eigenvalue weighted by Crippen LogP contribution is 2.25. The molecule has 0 bridgehead atoms. The van der Waals surface area contributed by atoms with Gasteiger partial charge in [0.15, 0.2) is 0 Å². The Morgan fingerprint density at radius 1 is 1.18 bits per heavy atom. The number of aromatic amines is 1. The number of hydrogen-bond acceptors (Lipinski definition) is 5. The van der Waals surface area contributed by atoms with Crippen LogP contribution in [0.4, 0.5) is 0 Å². The molecule has 1 aromatic carbocycles. The largest absolute Gasteiger partial charge is 0.497 e. The molecular weight excluding hydrogens is 356 g/mol. The number of primary amides is 1. The van der Waals surface area contributed by atoms with Gasteiger partial charge >= 0.3 is 0 Å². The first-order chi connectivity index (χ1) is 13.5. The first kappa shape index (κ1) is 21.6. The zero-order valence-corrected chi connectivity index (χ0v) is 16.9. The maximum atomic E-state index is 12.5. The Labute approximate surface area is 165 Å². The summed E-state index contributed by atoms with van der Waals surface area (Å²) >= 11 is 0. The second-order valence-electron chi connectivity index (χ2n) is 7.16. The van der Waals surface area contributed by atoms with Crippen molar-refractivity contribution in [3.8, 4) is 5.75 Å². The first-order valence-electron chi connectivity index (χ1n) is 9.84. The molecule has 7 heteroatoms. The molecule has 0 saturated heterocycles.